The van der Waals surface area contributed by atoms with E-state index in [-0.39, 0.29) is 11.9 Å². The molecule has 1 atom stereocenters. The third-order valence-corrected chi connectivity index (χ3v) is 6.74. The highest BCUT2D eigenvalue weighted by atomic mass is 32.1. The summed E-state index contributed by atoms with van der Waals surface area (Å²) in [7, 11) is 3.93. The second kappa shape index (κ2) is 7.73. The molecule has 1 unspecified atom stereocenters. The molecule has 0 aliphatic heterocycles. The van der Waals surface area contributed by atoms with Gasteiger partial charge in [0.2, 0.25) is 0 Å². The number of H-pyrrole nitrogens is 1. The molecular weight excluding hydrogens is 390 g/mol. The number of hydrogen-bond acceptors (Lipinski definition) is 6. The maximum atomic E-state index is 12.8. The van der Waals surface area contributed by atoms with Crippen LogP contribution in [0.15, 0.2) is 42.6 Å². The molecule has 4 rings (SSSR count). The zero-order valence-electron chi connectivity index (χ0n) is 15.9. The van der Waals surface area contributed by atoms with Gasteiger partial charge < -0.3 is 15.2 Å². The number of amides is 1. The van der Waals surface area contributed by atoms with Gasteiger partial charge >= 0.3 is 0 Å². The quantitative estimate of drug-likeness (QED) is 0.482. The number of anilines is 1. The predicted octanol–water partition coefficient (Wildman–Crippen LogP) is 4.70. The number of carbonyl (C=O) groups is 1. The van der Waals surface area contributed by atoms with Gasteiger partial charge in [-0.3, -0.25) is 4.79 Å². The average Bonchev–Trinajstić information content (AvgIpc) is 3.41. The molecule has 6 nitrogen and oxygen atoms in total. The third-order valence-electron chi connectivity index (χ3n) is 4.41. The monoisotopic (exact) mass is 411 g/mol. The topological polar surface area (TPSA) is 73.9 Å². The van der Waals surface area contributed by atoms with E-state index in [1.807, 2.05) is 68.5 Å². The summed E-state index contributed by atoms with van der Waals surface area (Å²) in [6.45, 7) is 2.04. The van der Waals surface area contributed by atoms with Crippen molar-refractivity contribution in [2.75, 3.05) is 19.0 Å². The lowest BCUT2D eigenvalue weighted by molar-refractivity contribution is 0.0938. The zero-order chi connectivity index (χ0) is 19.7. The summed E-state index contributed by atoms with van der Waals surface area (Å²) in [5.74, 6) is 0.673. The Bertz CT molecular complexity index is 1060. The number of aromatic nitrogens is 3. The van der Waals surface area contributed by atoms with Crippen LogP contribution in [0.1, 0.15) is 34.9 Å². The Morgan fingerprint density at radius 2 is 2.04 bits per heavy atom. The van der Waals surface area contributed by atoms with Gasteiger partial charge in [0.25, 0.3) is 5.91 Å². The minimum atomic E-state index is -0.171. The normalized spacial score (nSPS) is 12.2. The molecule has 8 heteroatoms. The van der Waals surface area contributed by atoms with E-state index in [1.54, 1.807) is 11.3 Å². The first kappa shape index (κ1) is 18.6. The molecule has 0 saturated carbocycles. The molecule has 3 heterocycles. The third kappa shape index (κ3) is 3.65. The van der Waals surface area contributed by atoms with Gasteiger partial charge in [-0.15, -0.1) is 11.3 Å². The Morgan fingerprint density at radius 3 is 2.71 bits per heavy atom. The van der Waals surface area contributed by atoms with E-state index < -0.39 is 0 Å². The largest absolute Gasteiger partial charge is 0.354 e. The summed E-state index contributed by atoms with van der Waals surface area (Å²) in [6.07, 6.45) is 2.56. The minimum absolute atomic E-state index is 0.0916. The Balaban J connectivity index is 1.51. The fraction of sp³-hybridized carbons (Fsp3) is 0.250. The van der Waals surface area contributed by atoms with Crippen LogP contribution in [0.3, 0.4) is 0 Å². The van der Waals surface area contributed by atoms with Crippen molar-refractivity contribution in [2.45, 2.75) is 19.4 Å². The number of aromatic amines is 1. The maximum Gasteiger partial charge on any atom is 0.262 e. The molecule has 0 aliphatic carbocycles. The molecule has 1 amide bonds. The van der Waals surface area contributed by atoms with E-state index in [2.05, 4.69) is 20.3 Å². The maximum absolute atomic E-state index is 12.8. The van der Waals surface area contributed by atoms with Crippen molar-refractivity contribution in [1.29, 1.82) is 0 Å². The molecule has 144 valence electrons. The Kier molecular flexibility index (Phi) is 5.15. The van der Waals surface area contributed by atoms with Crippen LogP contribution in [0.2, 0.25) is 0 Å². The lowest BCUT2D eigenvalue weighted by Gasteiger charge is -2.14. The SMILES string of the molecule is CCC(NC(=O)c1cc2sc(N(C)C)nc2s1)c1ncc(-c2ccccc2)[nH]1. The number of nitrogens with one attached hydrogen (secondary N) is 2. The Hall–Kier alpha value is -2.71. The fourth-order valence-electron chi connectivity index (χ4n) is 2.90. The van der Waals surface area contributed by atoms with Crippen molar-refractivity contribution in [1.82, 2.24) is 20.3 Å². The molecule has 0 saturated heterocycles. The molecule has 2 N–H and O–H groups in total. The van der Waals surface area contributed by atoms with Crippen molar-refractivity contribution < 1.29 is 4.79 Å². The molecule has 0 spiro atoms. The van der Waals surface area contributed by atoms with E-state index in [4.69, 9.17) is 0 Å². The molecule has 0 aliphatic rings. The van der Waals surface area contributed by atoms with E-state index in [9.17, 15) is 4.79 Å². The lowest BCUT2D eigenvalue weighted by Crippen LogP contribution is -2.28. The van der Waals surface area contributed by atoms with Crippen molar-refractivity contribution >= 4 is 43.2 Å². The summed E-state index contributed by atoms with van der Waals surface area (Å²) in [5.41, 5.74) is 2.02. The standard InChI is InChI=1S/C20H21N5OS2/c1-4-13(17-21-11-14(22-17)12-8-6-5-7-9-12)23-18(26)15-10-16-19(27-15)24-20(28-16)25(2)3/h5-11,13H,4H2,1-3H3,(H,21,22)(H,23,26). The van der Waals surface area contributed by atoms with Gasteiger partial charge in [0.15, 0.2) is 5.13 Å². The molecule has 3 aromatic heterocycles. The predicted molar refractivity (Wildman–Crippen MR) is 116 cm³/mol. The number of hydrogen-bond donors (Lipinski definition) is 2. The number of fused-ring (bicyclic) bond motifs is 1. The van der Waals surface area contributed by atoms with Gasteiger partial charge in [0.05, 0.1) is 27.5 Å². The van der Waals surface area contributed by atoms with Crippen molar-refractivity contribution in [3.05, 3.63) is 53.3 Å². The molecule has 4 aromatic rings. The molecule has 0 bridgehead atoms. The van der Waals surface area contributed by atoms with Gasteiger partial charge in [-0.25, -0.2) is 9.97 Å². The Morgan fingerprint density at radius 1 is 1.25 bits per heavy atom. The van der Waals surface area contributed by atoms with Crippen LogP contribution in [0.5, 0.6) is 0 Å². The highest BCUT2D eigenvalue weighted by molar-refractivity contribution is 7.29. The van der Waals surface area contributed by atoms with E-state index in [0.29, 0.717) is 4.88 Å². The van der Waals surface area contributed by atoms with Crippen molar-refractivity contribution in [2.24, 2.45) is 0 Å². The van der Waals surface area contributed by atoms with Crippen LogP contribution in [0.4, 0.5) is 5.13 Å². The van der Waals surface area contributed by atoms with Gasteiger partial charge in [0, 0.05) is 14.1 Å². The number of imidazole rings is 1. The molecule has 1 aromatic carbocycles. The Labute approximate surface area is 171 Å². The number of nitrogens with zero attached hydrogens (tertiary/aromatic N) is 3. The van der Waals surface area contributed by atoms with E-state index in [0.717, 1.165) is 38.2 Å². The molecular formula is C20H21N5OS2. The van der Waals surface area contributed by atoms with Gasteiger partial charge in [-0.1, -0.05) is 48.6 Å². The summed E-state index contributed by atoms with van der Waals surface area (Å²) in [4.78, 5) is 28.7. The summed E-state index contributed by atoms with van der Waals surface area (Å²) < 4.78 is 1.04. The highest BCUT2D eigenvalue weighted by Crippen LogP contribution is 2.34. The second-order valence-electron chi connectivity index (χ2n) is 6.65. The first-order valence-electron chi connectivity index (χ1n) is 9.04. The average molecular weight is 412 g/mol. The second-order valence-corrected chi connectivity index (χ2v) is 8.69. The van der Waals surface area contributed by atoms with Gasteiger partial charge in [0.1, 0.15) is 10.7 Å². The minimum Gasteiger partial charge on any atom is -0.354 e. The van der Waals surface area contributed by atoms with Crippen molar-refractivity contribution in [3.63, 3.8) is 0 Å². The summed E-state index contributed by atoms with van der Waals surface area (Å²) >= 11 is 3.02. The first-order chi connectivity index (χ1) is 13.5. The molecule has 0 radical (unpaired) electrons. The van der Waals surface area contributed by atoms with Crippen LogP contribution in [-0.4, -0.2) is 35.0 Å². The summed E-state index contributed by atoms with van der Waals surface area (Å²) in [5, 5.41) is 4.04. The van der Waals surface area contributed by atoms with E-state index in [1.165, 1.54) is 11.3 Å². The lowest BCUT2D eigenvalue weighted by atomic mass is 10.2. The number of thiazole rings is 1. The summed E-state index contributed by atoms with van der Waals surface area (Å²) in [6, 6.07) is 11.8. The number of carbonyl (C=O) groups excluding carboxylic acids is 1. The van der Waals surface area contributed by atoms with Crippen LogP contribution in [0.25, 0.3) is 20.8 Å². The van der Waals surface area contributed by atoms with Crippen LogP contribution in [0, 0.1) is 0 Å². The van der Waals surface area contributed by atoms with Crippen LogP contribution < -0.4 is 10.2 Å². The van der Waals surface area contributed by atoms with Crippen molar-refractivity contribution in [3.8, 4) is 11.3 Å². The molecule has 28 heavy (non-hydrogen) atoms. The van der Waals surface area contributed by atoms with Gasteiger partial charge in [-0.05, 0) is 18.1 Å². The van der Waals surface area contributed by atoms with Crippen LogP contribution in [-0.2, 0) is 0 Å². The smallest absolute Gasteiger partial charge is 0.262 e. The first-order valence-corrected chi connectivity index (χ1v) is 10.7. The highest BCUT2D eigenvalue weighted by Gasteiger charge is 2.20. The van der Waals surface area contributed by atoms with E-state index >= 15 is 0 Å². The van der Waals surface area contributed by atoms with Gasteiger partial charge in [-0.2, -0.15) is 0 Å². The number of rotatable bonds is 6. The fourth-order valence-corrected chi connectivity index (χ4v) is 4.93. The number of thiophene rings is 1. The zero-order valence-corrected chi connectivity index (χ0v) is 17.5. The van der Waals surface area contributed by atoms with Crippen LogP contribution >= 0.6 is 22.7 Å². The number of benzene rings is 1. The molecule has 0 fully saturated rings.